The van der Waals surface area contributed by atoms with Gasteiger partial charge >= 0.3 is 0 Å². The van der Waals surface area contributed by atoms with Gasteiger partial charge in [0.1, 0.15) is 0 Å². The van der Waals surface area contributed by atoms with Crippen LogP contribution in [-0.2, 0) is 10.0 Å². The van der Waals surface area contributed by atoms with Crippen LogP contribution < -0.4 is 9.62 Å². The minimum absolute atomic E-state index is 0.191. The van der Waals surface area contributed by atoms with Crippen molar-refractivity contribution in [1.82, 2.24) is 10.2 Å². The Hall–Kier alpha value is -2.43. The third-order valence-electron chi connectivity index (χ3n) is 4.21. The molecule has 0 unspecified atom stereocenters. The Kier molecular flexibility index (Phi) is 7.11. The highest BCUT2D eigenvalue weighted by Crippen LogP contribution is 2.27. The summed E-state index contributed by atoms with van der Waals surface area (Å²) in [7, 11) is -2.27. The van der Waals surface area contributed by atoms with Gasteiger partial charge in [0.2, 0.25) is 5.13 Å². The van der Waals surface area contributed by atoms with Crippen molar-refractivity contribution in [2.45, 2.75) is 29.5 Å². The molecule has 1 aromatic heterocycles. The van der Waals surface area contributed by atoms with E-state index in [1.165, 1.54) is 28.8 Å². The molecule has 10 heteroatoms. The maximum Gasteiger partial charge on any atom is 0.264 e. The van der Waals surface area contributed by atoms with Crippen LogP contribution in [0.1, 0.15) is 29.3 Å². The molecule has 0 saturated carbocycles. The molecule has 1 N–H and O–H groups in total. The van der Waals surface area contributed by atoms with Crippen LogP contribution in [0.5, 0.6) is 0 Å². The minimum Gasteiger partial charge on any atom is -0.296 e. The number of nitrogens with zero attached hydrogens (tertiary/aromatic N) is 3. The first kappa shape index (κ1) is 22.3. The summed E-state index contributed by atoms with van der Waals surface area (Å²) >= 11 is 2.90. The largest absolute Gasteiger partial charge is 0.296 e. The topological polar surface area (TPSA) is 92.3 Å². The Bertz CT molecular complexity index is 1130. The molecule has 0 radical (unpaired) electrons. The Morgan fingerprint density at radius 1 is 1.17 bits per heavy atom. The first-order valence-corrected chi connectivity index (χ1v) is 12.5. The lowest BCUT2D eigenvalue weighted by Crippen LogP contribution is -2.26. The fourth-order valence-corrected chi connectivity index (χ4v) is 5.39. The molecule has 30 heavy (non-hydrogen) atoms. The van der Waals surface area contributed by atoms with Crippen molar-refractivity contribution in [3.8, 4) is 0 Å². The van der Waals surface area contributed by atoms with Crippen molar-refractivity contribution in [3.63, 3.8) is 0 Å². The summed E-state index contributed by atoms with van der Waals surface area (Å²) in [4.78, 5) is 12.8. The number of benzene rings is 2. The van der Waals surface area contributed by atoms with Gasteiger partial charge in [0, 0.05) is 18.4 Å². The number of carbonyl (C=O) groups excluding carboxylic acids is 1. The number of carbonyl (C=O) groups is 1. The molecule has 0 aliphatic rings. The number of amides is 1. The molecular weight excluding hydrogens is 440 g/mol. The summed E-state index contributed by atoms with van der Waals surface area (Å²) in [5.41, 5.74) is 1.69. The number of rotatable bonds is 8. The summed E-state index contributed by atoms with van der Waals surface area (Å²) in [6, 6.07) is 13.1. The van der Waals surface area contributed by atoms with E-state index in [-0.39, 0.29) is 10.8 Å². The molecule has 3 aromatic rings. The van der Waals surface area contributed by atoms with Crippen molar-refractivity contribution in [3.05, 3.63) is 59.7 Å². The average molecular weight is 463 g/mol. The van der Waals surface area contributed by atoms with Gasteiger partial charge in [-0.05, 0) is 43.7 Å². The number of hydrogen-bond acceptors (Lipinski definition) is 7. The number of thioether (sulfide) groups is 1. The molecule has 3 rings (SSSR count). The van der Waals surface area contributed by atoms with Crippen LogP contribution in [0.2, 0.25) is 0 Å². The lowest BCUT2D eigenvalue weighted by molar-refractivity contribution is 0.102. The molecule has 1 amide bonds. The summed E-state index contributed by atoms with van der Waals surface area (Å²) in [5, 5.41) is 11.2. The van der Waals surface area contributed by atoms with E-state index in [1.54, 1.807) is 54.2 Å². The van der Waals surface area contributed by atoms with E-state index in [1.807, 2.05) is 6.92 Å². The molecule has 2 aromatic carbocycles. The molecule has 0 saturated heterocycles. The van der Waals surface area contributed by atoms with Crippen LogP contribution in [0.25, 0.3) is 0 Å². The molecule has 158 valence electrons. The van der Waals surface area contributed by atoms with Crippen molar-refractivity contribution < 1.29 is 13.2 Å². The first-order chi connectivity index (χ1) is 14.3. The van der Waals surface area contributed by atoms with Gasteiger partial charge < -0.3 is 0 Å². The van der Waals surface area contributed by atoms with E-state index < -0.39 is 10.0 Å². The molecule has 7 nitrogen and oxygen atoms in total. The normalized spacial score (nSPS) is 11.3. The Morgan fingerprint density at radius 3 is 2.60 bits per heavy atom. The SMILES string of the molecule is CCCSc1nnc(NC(=O)c2cccc(N(C)S(=O)(=O)c3ccc(C)cc3)c2)s1. The maximum atomic E-state index is 12.9. The van der Waals surface area contributed by atoms with Crippen molar-refractivity contribution >= 4 is 49.8 Å². The highest BCUT2D eigenvalue weighted by molar-refractivity contribution is 8.01. The Balaban J connectivity index is 1.77. The number of nitrogens with one attached hydrogen (secondary N) is 1. The van der Waals surface area contributed by atoms with Gasteiger partial charge in [0.25, 0.3) is 15.9 Å². The molecule has 0 fully saturated rings. The van der Waals surface area contributed by atoms with Gasteiger partial charge in [0.15, 0.2) is 4.34 Å². The number of sulfonamides is 1. The lowest BCUT2D eigenvalue weighted by atomic mass is 10.2. The van der Waals surface area contributed by atoms with Crippen molar-refractivity contribution in [2.24, 2.45) is 0 Å². The van der Waals surface area contributed by atoms with Crippen molar-refractivity contribution in [1.29, 1.82) is 0 Å². The van der Waals surface area contributed by atoms with Gasteiger partial charge in [-0.2, -0.15) is 0 Å². The molecule has 0 bridgehead atoms. The van der Waals surface area contributed by atoms with E-state index >= 15 is 0 Å². The first-order valence-electron chi connectivity index (χ1n) is 9.24. The van der Waals surface area contributed by atoms with E-state index in [2.05, 4.69) is 22.4 Å². The predicted molar refractivity (Wildman–Crippen MR) is 122 cm³/mol. The second kappa shape index (κ2) is 9.59. The maximum absolute atomic E-state index is 12.9. The smallest absolute Gasteiger partial charge is 0.264 e. The summed E-state index contributed by atoms with van der Waals surface area (Å²) in [6.07, 6.45) is 1.03. The van der Waals surface area contributed by atoms with Crippen LogP contribution in [-0.4, -0.2) is 37.3 Å². The highest BCUT2D eigenvalue weighted by Gasteiger charge is 2.22. The quantitative estimate of drug-likeness (QED) is 0.393. The molecule has 0 aliphatic heterocycles. The second-order valence-corrected chi connectivity index (χ2v) is 10.8. The van der Waals surface area contributed by atoms with Crippen LogP contribution in [0, 0.1) is 6.92 Å². The third kappa shape index (κ3) is 5.18. The second-order valence-electron chi connectivity index (χ2n) is 6.51. The monoisotopic (exact) mass is 462 g/mol. The van der Waals surface area contributed by atoms with Crippen LogP contribution in [0.4, 0.5) is 10.8 Å². The van der Waals surface area contributed by atoms with E-state index in [0.717, 1.165) is 22.1 Å². The van der Waals surface area contributed by atoms with E-state index in [9.17, 15) is 13.2 Å². The zero-order valence-corrected chi connectivity index (χ0v) is 19.3. The summed E-state index contributed by atoms with van der Waals surface area (Å²) in [6.45, 7) is 3.98. The molecule has 0 spiro atoms. The zero-order chi connectivity index (χ0) is 21.7. The highest BCUT2D eigenvalue weighted by atomic mass is 32.2. The molecular formula is C20H22N4O3S3. The Labute approximate surface area is 184 Å². The van der Waals surface area contributed by atoms with E-state index in [0.29, 0.717) is 16.4 Å². The van der Waals surface area contributed by atoms with Gasteiger partial charge in [-0.1, -0.05) is 53.8 Å². The van der Waals surface area contributed by atoms with Gasteiger partial charge in [-0.25, -0.2) is 8.42 Å². The average Bonchev–Trinajstić information content (AvgIpc) is 3.19. The molecule has 0 aliphatic carbocycles. The summed E-state index contributed by atoms with van der Waals surface area (Å²) in [5.74, 6) is 0.563. The number of aryl methyl sites for hydroxylation is 1. The molecule has 1 heterocycles. The standard InChI is InChI=1S/C20H22N4O3S3/c1-4-12-28-20-23-22-19(29-20)21-18(25)15-6-5-7-16(13-15)24(3)30(26,27)17-10-8-14(2)9-11-17/h5-11,13H,4,12H2,1-3H3,(H,21,22,25). The third-order valence-corrected chi connectivity index (χ3v) is 8.19. The Morgan fingerprint density at radius 2 is 1.90 bits per heavy atom. The molecule has 0 atom stereocenters. The van der Waals surface area contributed by atoms with Gasteiger partial charge in [-0.15, -0.1) is 10.2 Å². The van der Waals surface area contributed by atoms with Crippen molar-refractivity contribution in [2.75, 3.05) is 22.4 Å². The number of aromatic nitrogens is 2. The number of anilines is 2. The predicted octanol–water partition coefficient (Wildman–Crippen LogP) is 4.43. The van der Waals surface area contributed by atoms with Crippen LogP contribution in [0.3, 0.4) is 0 Å². The van der Waals surface area contributed by atoms with Gasteiger partial charge in [-0.3, -0.25) is 14.4 Å². The van der Waals surface area contributed by atoms with E-state index in [4.69, 9.17) is 0 Å². The lowest BCUT2D eigenvalue weighted by Gasteiger charge is -2.20. The summed E-state index contributed by atoms with van der Waals surface area (Å²) < 4.78 is 27.8. The minimum atomic E-state index is -3.74. The van der Waals surface area contributed by atoms with Crippen LogP contribution in [0.15, 0.2) is 57.8 Å². The fourth-order valence-electron chi connectivity index (χ4n) is 2.53. The zero-order valence-electron chi connectivity index (χ0n) is 16.8. The van der Waals surface area contributed by atoms with Crippen LogP contribution >= 0.6 is 23.1 Å². The van der Waals surface area contributed by atoms with Gasteiger partial charge in [0.05, 0.1) is 10.6 Å². The fraction of sp³-hybridized carbons (Fsp3) is 0.250. The number of hydrogen-bond donors (Lipinski definition) is 1.